The maximum absolute atomic E-state index is 10.1. The average Bonchev–Trinajstić information content (AvgIpc) is 2.32. The van der Waals surface area contributed by atoms with Crippen LogP contribution in [0.4, 0.5) is 0 Å². The largest absolute Gasteiger partial charge is 0.480 e. The molecule has 144 valence electrons. The molecule has 0 aromatic rings. The third kappa shape index (κ3) is 12.5. The molecule has 0 bridgehead atoms. The Kier molecular flexibility index (Phi) is 10.4. The van der Waals surface area contributed by atoms with Gasteiger partial charge < -0.3 is 22.5 Å². The van der Waals surface area contributed by atoms with Crippen molar-refractivity contribution in [3.05, 3.63) is 12.2 Å². The molecule has 0 saturated carbocycles. The molecule has 1 N–H and O–H groups in total. The fourth-order valence-electron chi connectivity index (χ4n) is 2.13. The lowest BCUT2D eigenvalue weighted by Gasteiger charge is -2.39. The average molecular weight is 395 g/mol. The fraction of sp³-hybridized carbons (Fsp3) is 0.875. The van der Waals surface area contributed by atoms with Gasteiger partial charge >= 0.3 is 8.80 Å². The van der Waals surface area contributed by atoms with Crippen LogP contribution in [0.15, 0.2) is 12.2 Å². The fourth-order valence-corrected chi connectivity index (χ4v) is 12.6. The lowest BCUT2D eigenvalue weighted by atomic mass is 10.4. The van der Waals surface area contributed by atoms with Crippen molar-refractivity contribution >= 4 is 25.4 Å². The minimum absolute atomic E-state index is 0.178. The molecule has 24 heavy (non-hydrogen) atoms. The highest BCUT2D eigenvalue weighted by Gasteiger charge is 2.47. The van der Waals surface area contributed by atoms with E-state index in [0.717, 1.165) is 18.0 Å². The van der Waals surface area contributed by atoms with E-state index in [0.29, 0.717) is 6.61 Å². The van der Waals surface area contributed by atoms with Crippen LogP contribution in [0, 0.1) is 0 Å². The van der Waals surface area contributed by atoms with Crippen molar-refractivity contribution in [2.75, 3.05) is 19.8 Å². The van der Waals surface area contributed by atoms with Crippen LogP contribution in [-0.2, 0) is 17.4 Å². The second kappa shape index (κ2) is 10.4. The third-order valence-corrected chi connectivity index (χ3v) is 11.7. The lowest BCUT2D eigenvalue weighted by molar-refractivity contribution is 0.00421. The molecular weight excluding hydrogens is 356 g/mol. The molecule has 0 aromatic carbocycles. The summed E-state index contributed by atoms with van der Waals surface area (Å²) in [5, 5.41) is 10.1. The molecule has 0 spiro atoms. The van der Waals surface area contributed by atoms with Gasteiger partial charge in [-0.25, -0.2) is 0 Å². The molecule has 5 nitrogen and oxygen atoms in total. The summed E-state index contributed by atoms with van der Waals surface area (Å²) in [6.07, 6.45) is 0.243. The molecule has 0 rings (SSSR count). The van der Waals surface area contributed by atoms with Crippen LogP contribution in [-0.4, -0.2) is 56.5 Å². The van der Waals surface area contributed by atoms with Crippen LogP contribution in [0.5, 0.6) is 0 Å². The topological polar surface area (TPSA) is 57.2 Å². The Hall–Kier alpha value is 0.191. The van der Waals surface area contributed by atoms with Crippen molar-refractivity contribution < 1.29 is 22.5 Å². The van der Waals surface area contributed by atoms with Gasteiger partial charge in [-0.2, -0.15) is 0 Å². The number of ether oxygens (including phenoxy) is 1. The van der Waals surface area contributed by atoms with Crippen molar-refractivity contribution in [1.29, 1.82) is 0 Å². The molecule has 0 heterocycles. The van der Waals surface area contributed by atoms with Crippen LogP contribution < -0.4 is 0 Å². The van der Waals surface area contributed by atoms with Gasteiger partial charge in [-0.15, -0.1) is 0 Å². The molecule has 0 aromatic heterocycles. The molecule has 0 aliphatic heterocycles. The van der Waals surface area contributed by atoms with Crippen LogP contribution in [0.25, 0.3) is 0 Å². The predicted molar refractivity (Wildman–Crippen MR) is 107 cm³/mol. The van der Waals surface area contributed by atoms with Gasteiger partial charge in [-0.05, 0) is 46.2 Å². The van der Waals surface area contributed by atoms with E-state index < -0.39 is 31.5 Å². The molecule has 0 radical (unpaired) electrons. The molecule has 0 aliphatic carbocycles. The monoisotopic (exact) mass is 394 g/mol. The van der Waals surface area contributed by atoms with Crippen molar-refractivity contribution in [3.63, 3.8) is 0 Å². The highest BCUT2D eigenvalue weighted by atomic mass is 28.5. The van der Waals surface area contributed by atoms with Gasteiger partial charge in [0, 0.05) is 6.04 Å². The first kappa shape index (κ1) is 24.2. The Bertz CT molecular complexity index is 361. The van der Waals surface area contributed by atoms with E-state index in [4.69, 9.17) is 17.4 Å². The van der Waals surface area contributed by atoms with Gasteiger partial charge in [-0.3, -0.25) is 0 Å². The minimum atomic E-state index is -2.80. The number of aliphatic hydroxyl groups excluding tert-OH is 1. The summed E-state index contributed by atoms with van der Waals surface area (Å²) in [7, 11) is -6.46. The van der Waals surface area contributed by atoms with Crippen molar-refractivity contribution in [3.8, 4) is 0 Å². The van der Waals surface area contributed by atoms with Crippen molar-refractivity contribution in [1.82, 2.24) is 0 Å². The highest BCUT2D eigenvalue weighted by Crippen LogP contribution is 2.27. The Morgan fingerprint density at radius 1 is 1.00 bits per heavy atom. The summed E-state index contributed by atoms with van der Waals surface area (Å²) >= 11 is 0. The standard InChI is InChI=1S/C16H38O5Si3/c1-10-11-24(20-22(4,5)6,21-23(7,8)9)19-14-16(17)13-18-12-15(2)3/h16-17H,2,10-14H2,1,3-9H3. The van der Waals surface area contributed by atoms with Gasteiger partial charge in [0.05, 0.1) is 25.9 Å². The quantitative estimate of drug-likeness (QED) is 0.378. The van der Waals surface area contributed by atoms with Gasteiger partial charge in [0.1, 0.15) is 0 Å². The van der Waals surface area contributed by atoms with E-state index in [1.54, 1.807) is 0 Å². The van der Waals surface area contributed by atoms with E-state index >= 15 is 0 Å². The number of hydrogen-bond donors (Lipinski definition) is 1. The van der Waals surface area contributed by atoms with E-state index in [1.807, 2.05) is 6.92 Å². The molecule has 0 saturated heterocycles. The summed E-state index contributed by atoms with van der Waals surface area (Å²) in [6, 6.07) is 0.779. The van der Waals surface area contributed by atoms with E-state index in [9.17, 15) is 5.11 Å². The molecule has 0 fully saturated rings. The van der Waals surface area contributed by atoms with Crippen LogP contribution in [0.2, 0.25) is 45.3 Å². The molecule has 1 atom stereocenters. The maximum atomic E-state index is 10.1. The summed E-state index contributed by atoms with van der Waals surface area (Å²) in [5.74, 6) is 0. The SMILES string of the molecule is C=C(C)COCC(O)CO[Si](CCC)(O[Si](C)(C)C)O[Si](C)(C)C. The second-order valence-corrected chi connectivity index (χ2v) is 20.5. The zero-order valence-corrected chi connectivity index (χ0v) is 19.9. The molecule has 0 amide bonds. The third-order valence-electron chi connectivity index (χ3n) is 2.63. The van der Waals surface area contributed by atoms with Gasteiger partial charge in [0.15, 0.2) is 16.6 Å². The van der Waals surface area contributed by atoms with Gasteiger partial charge in [-0.1, -0.05) is 25.5 Å². The second-order valence-electron chi connectivity index (χ2n) is 8.30. The van der Waals surface area contributed by atoms with E-state index in [2.05, 4.69) is 52.8 Å². The Balaban J connectivity index is 4.92. The van der Waals surface area contributed by atoms with Crippen molar-refractivity contribution in [2.24, 2.45) is 0 Å². The van der Waals surface area contributed by atoms with Gasteiger partial charge in [0.25, 0.3) is 0 Å². The Labute approximate surface area is 152 Å². The smallest absolute Gasteiger partial charge is 0.416 e. The van der Waals surface area contributed by atoms with Gasteiger partial charge in [0.2, 0.25) is 0 Å². The zero-order valence-electron chi connectivity index (χ0n) is 16.9. The normalized spacial score (nSPS) is 14.7. The summed E-state index contributed by atoms with van der Waals surface area (Å²) < 4.78 is 24.4. The Morgan fingerprint density at radius 3 is 1.88 bits per heavy atom. The summed E-state index contributed by atoms with van der Waals surface area (Å²) in [5.41, 5.74) is 0.932. The molecule has 1 unspecified atom stereocenters. The van der Waals surface area contributed by atoms with Crippen LogP contribution in [0.1, 0.15) is 20.3 Å². The number of hydrogen-bond acceptors (Lipinski definition) is 5. The predicted octanol–water partition coefficient (Wildman–Crippen LogP) is 4.01. The molecule has 8 heteroatoms. The molecular formula is C16H38O5Si3. The van der Waals surface area contributed by atoms with Crippen LogP contribution in [0.3, 0.4) is 0 Å². The van der Waals surface area contributed by atoms with Crippen molar-refractivity contribution in [2.45, 2.75) is 71.7 Å². The first-order chi connectivity index (χ1) is 10.8. The van der Waals surface area contributed by atoms with Crippen LogP contribution >= 0.6 is 0 Å². The summed E-state index contributed by atoms with van der Waals surface area (Å²) in [4.78, 5) is 0. The minimum Gasteiger partial charge on any atom is -0.416 e. The lowest BCUT2D eigenvalue weighted by Crippen LogP contribution is -2.57. The maximum Gasteiger partial charge on any atom is 0.480 e. The Morgan fingerprint density at radius 2 is 1.50 bits per heavy atom. The van der Waals surface area contributed by atoms with E-state index in [-0.39, 0.29) is 13.2 Å². The van der Waals surface area contributed by atoms with E-state index in [1.165, 1.54) is 0 Å². The highest BCUT2D eigenvalue weighted by molar-refractivity contribution is 6.85. The number of rotatable bonds is 13. The summed E-state index contributed by atoms with van der Waals surface area (Å²) in [6.45, 7) is 21.5. The zero-order chi connectivity index (χ0) is 19.0. The number of aliphatic hydroxyl groups is 1. The first-order valence-electron chi connectivity index (χ1n) is 8.73. The first-order valence-corrected chi connectivity index (χ1v) is 17.5. The molecule has 0 aliphatic rings.